The molecular weight excluding hydrogens is 536 g/mol. The summed E-state index contributed by atoms with van der Waals surface area (Å²) in [5.74, 6) is -0.443. The van der Waals surface area contributed by atoms with E-state index in [1.165, 1.54) is 16.9 Å². The molecule has 3 aliphatic rings. The number of esters is 2. The van der Waals surface area contributed by atoms with Gasteiger partial charge in [-0.15, -0.1) is 0 Å². The van der Waals surface area contributed by atoms with Crippen molar-refractivity contribution in [3.05, 3.63) is 130 Å². The lowest BCUT2D eigenvalue weighted by Gasteiger charge is -2.45. The van der Waals surface area contributed by atoms with E-state index in [0.717, 1.165) is 41.9 Å². The highest BCUT2D eigenvalue weighted by atomic mass is 16.6. The van der Waals surface area contributed by atoms with E-state index in [-0.39, 0.29) is 11.9 Å². The van der Waals surface area contributed by atoms with Crippen molar-refractivity contribution in [3.63, 3.8) is 0 Å². The van der Waals surface area contributed by atoms with Crippen LogP contribution in [0.1, 0.15) is 69.3 Å². The van der Waals surface area contributed by atoms with E-state index in [1.54, 1.807) is 6.07 Å². The molecule has 0 N–H and O–H groups in total. The third-order valence-electron chi connectivity index (χ3n) is 9.33. The van der Waals surface area contributed by atoms with Crippen molar-refractivity contribution in [1.29, 1.82) is 0 Å². The van der Waals surface area contributed by atoms with Crippen LogP contribution in [-0.2, 0) is 27.1 Å². The van der Waals surface area contributed by atoms with Gasteiger partial charge in [-0.2, -0.15) is 0 Å². The molecule has 0 amide bonds. The quantitative estimate of drug-likeness (QED) is 0.239. The Hall–Kier alpha value is -4.58. The first kappa shape index (κ1) is 28.5. The molecular formula is C37H38N2O4. The molecule has 0 saturated carbocycles. The van der Waals surface area contributed by atoms with Gasteiger partial charge in [0.05, 0.1) is 16.5 Å². The molecule has 3 aliphatic heterocycles. The molecule has 0 spiro atoms. The van der Waals surface area contributed by atoms with E-state index < -0.39 is 11.0 Å². The molecule has 4 aromatic carbocycles. The number of cyclic esters (lactones) is 2. The van der Waals surface area contributed by atoms with E-state index in [4.69, 9.17) is 9.47 Å². The number of aryl methyl sites for hydroxylation is 1. The number of nitrogens with zero attached hydrogens (tertiary/aromatic N) is 2. The zero-order valence-corrected chi connectivity index (χ0v) is 25.5. The summed E-state index contributed by atoms with van der Waals surface area (Å²) in [5, 5.41) is 0. The minimum absolute atomic E-state index is 0.199. The van der Waals surface area contributed by atoms with E-state index in [9.17, 15) is 9.59 Å². The number of fused-ring (bicyclic) bond motifs is 3. The minimum atomic E-state index is -0.909. The number of para-hydroxylation sites is 1. The second-order valence-corrected chi connectivity index (χ2v) is 11.7. The Balaban J connectivity index is 0.000000277. The van der Waals surface area contributed by atoms with Gasteiger partial charge in [-0.05, 0) is 69.2 Å². The largest absolute Gasteiger partial charge is 0.457 e. The first-order valence-electron chi connectivity index (χ1n) is 15.0. The van der Waals surface area contributed by atoms with Gasteiger partial charge in [0.25, 0.3) is 0 Å². The first-order valence-corrected chi connectivity index (χ1v) is 15.0. The summed E-state index contributed by atoms with van der Waals surface area (Å²) in [6.07, 6.45) is 0. The monoisotopic (exact) mass is 574 g/mol. The number of carbonyl (C=O) groups excluding carboxylic acids is 2. The van der Waals surface area contributed by atoms with Gasteiger partial charge in [-0.25, -0.2) is 9.59 Å². The van der Waals surface area contributed by atoms with E-state index >= 15 is 0 Å². The van der Waals surface area contributed by atoms with Crippen LogP contribution in [0, 0.1) is 6.92 Å². The Morgan fingerprint density at radius 2 is 1.44 bits per heavy atom. The minimum Gasteiger partial charge on any atom is -0.457 e. The number of hydrogen-bond donors (Lipinski definition) is 0. The topological polar surface area (TPSA) is 59.1 Å². The maximum atomic E-state index is 13.3. The van der Waals surface area contributed by atoms with Crippen molar-refractivity contribution in [3.8, 4) is 0 Å². The number of anilines is 2. The van der Waals surface area contributed by atoms with Crippen LogP contribution in [0.25, 0.3) is 0 Å². The Kier molecular flexibility index (Phi) is 7.25. The Labute approximate surface area is 253 Å². The molecule has 4 aromatic rings. The van der Waals surface area contributed by atoms with Crippen LogP contribution in [0.3, 0.4) is 0 Å². The van der Waals surface area contributed by atoms with E-state index in [0.29, 0.717) is 17.7 Å². The van der Waals surface area contributed by atoms with Crippen LogP contribution in [0.2, 0.25) is 0 Å². The van der Waals surface area contributed by atoms with E-state index in [1.807, 2.05) is 36.4 Å². The summed E-state index contributed by atoms with van der Waals surface area (Å²) < 4.78 is 11.3. The average molecular weight is 575 g/mol. The predicted molar refractivity (Wildman–Crippen MR) is 170 cm³/mol. The van der Waals surface area contributed by atoms with Gasteiger partial charge in [0.15, 0.2) is 5.60 Å². The van der Waals surface area contributed by atoms with Crippen molar-refractivity contribution >= 4 is 23.3 Å². The Morgan fingerprint density at radius 1 is 0.791 bits per heavy atom. The third-order valence-corrected chi connectivity index (χ3v) is 9.33. The van der Waals surface area contributed by atoms with Crippen molar-refractivity contribution < 1.29 is 19.1 Å². The molecule has 0 aliphatic carbocycles. The molecule has 43 heavy (non-hydrogen) atoms. The summed E-state index contributed by atoms with van der Waals surface area (Å²) >= 11 is 0. The fourth-order valence-electron chi connectivity index (χ4n) is 7.24. The number of carbonyl (C=O) groups is 2. The van der Waals surface area contributed by atoms with Gasteiger partial charge in [0.2, 0.25) is 0 Å². The molecule has 2 unspecified atom stereocenters. The van der Waals surface area contributed by atoms with Gasteiger partial charge in [0, 0.05) is 54.7 Å². The lowest BCUT2D eigenvalue weighted by Crippen LogP contribution is -2.51. The van der Waals surface area contributed by atoms with Crippen molar-refractivity contribution in [2.75, 3.05) is 36.5 Å². The van der Waals surface area contributed by atoms with Crippen LogP contribution in [0.4, 0.5) is 11.4 Å². The molecule has 0 saturated heterocycles. The molecule has 0 bridgehead atoms. The number of rotatable bonds is 5. The van der Waals surface area contributed by atoms with Crippen molar-refractivity contribution in [1.82, 2.24) is 0 Å². The highest BCUT2D eigenvalue weighted by Gasteiger charge is 2.62. The van der Waals surface area contributed by atoms with Crippen LogP contribution in [-0.4, -0.2) is 38.6 Å². The molecule has 2 atom stereocenters. The zero-order valence-electron chi connectivity index (χ0n) is 25.5. The predicted octanol–water partition coefficient (Wildman–Crippen LogP) is 7.02. The zero-order chi connectivity index (χ0) is 30.4. The summed E-state index contributed by atoms with van der Waals surface area (Å²) in [6, 6.07) is 30.5. The molecule has 7 rings (SSSR count). The summed E-state index contributed by atoms with van der Waals surface area (Å²) in [6.45, 7) is 11.9. The molecule has 6 heteroatoms. The fourth-order valence-corrected chi connectivity index (χ4v) is 7.24. The normalized spacial score (nSPS) is 21.3. The average Bonchev–Trinajstić information content (AvgIpc) is 3.65. The SMILES string of the molecule is CCN(CC)c1ccc(C2(C3(C)CN(C)c4ccccc43)OC(=O)c3ccccc32)c(C)c1.O=C1OCc2ccccc21. The van der Waals surface area contributed by atoms with Gasteiger partial charge in [-0.3, -0.25) is 0 Å². The van der Waals surface area contributed by atoms with Crippen LogP contribution >= 0.6 is 0 Å². The van der Waals surface area contributed by atoms with E-state index in [2.05, 4.69) is 93.1 Å². The van der Waals surface area contributed by atoms with Gasteiger partial charge < -0.3 is 19.3 Å². The lowest BCUT2D eigenvalue weighted by molar-refractivity contribution is -0.0234. The van der Waals surface area contributed by atoms with Crippen molar-refractivity contribution in [2.24, 2.45) is 0 Å². The molecule has 0 fully saturated rings. The Bertz CT molecular complexity index is 1710. The maximum absolute atomic E-state index is 13.3. The van der Waals surface area contributed by atoms with Crippen LogP contribution < -0.4 is 9.80 Å². The van der Waals surface area contributed by atoms with Crippen molar-refractivity contribution in [2.45, 2.75) is 45.3 Å². The summed E-state index contributed by atoms with van der Waals surface area (Å²) in [5.41, 5.74) is 7.76. The third kappa shape index (κ3) is 4.39. The number of hydrogen-bond acceptors (Lipinski definition) is 6. The van der Waals surface area contributed by atoms with Crippen LogP contribution in [0.15, 0.2) is 91.0 Å². The molecule has 6 nitrogen and oxygen atoms in total. The second-order valence-electron chi connectivity index (χ2n) is 11.7. The van der Waals surface area contributed by atoms with Gasteiger partial charge in [-0.1, -0.05) is 60.7 Å². The molecule has 0 aromatic heterocycles. The molecule has 220 valence electrons. The fraction of sp³-hybridized carbons (Fsp3) is 0.297. The van der Waals surface area contributed by atoms with Crippen LogP contribution in [0.5, 0.6) is 0 Å². The number of ether oxygens (including phenoxy) is 2. The van der Waals surface area contributed by atoms with Gasteiger partial charge >= 0.3 is 11.9 Å². The highest BCUT2D eigenvalue weighted by Crippen LogP contribution is 2.59. The second kappa shape index (κ2) is 10.9. The number of likely N-dealkylation sites (N-methyl/N-ethyl adjacent to an activating group) is 1. The maximum Gasteiger partial charge on any atom is 0.339 e. The number of benzene rings is 4. The Morgan fingerprint density at radius 3 is 2.14 bits per heavy atom. The van der Waals surface area contributed by atoms with Gasteiger partial charge in [0.1, 0.15) is 6.61 Å². The smallest absolute Gasteiger partial charge is 0.339 e. The first-order chi connectivity index (χ1) is 20.7. The molecule has 3 heterocycles. The standard InChI is InChI=1S/C29H32N2O2.C8H6O2/c1-6-31(7-2)21-16-17-23(20(3)18-21)29(24-13-9-8-12-22(24)27(32)33-29)28(4)19-30(5)26-15-11-10-14-25(26)28;9-8-7-4-2-1-3-6(7)5-10-8/h8-18H,6-7,19H2,1-5H3;1-4H,5H2. The molecule has 0 radical (unpaired) electrons. The summed E-state index contributed by atoms with van der Waals surface area (Å²) in [4.78, 5) is 28.8. The lowest BCUT2D eigenvalue weighted by atomic mass is 9.62. The summed E-state index contributed by atoms with van der Waals surface area (Å²) in [7, 11) is 2.12. The highest BCUT2D eigenvalue weighted by molar-refractivity contribution is 5.96.